The monoisotopic (exact) mass is 451 g/mol. The molecule has 30 heavy (non-hydrogen) atoms. The number of aromatic amines is 1. The molecule has 2 heterocycles. The lowest BCUT2D eigenvalue weighted by atomic mass is 10.1. The average molecular weight is 452 g/mol. The van der Waals surface area contributed by atoms with Crippen LogP contribution in [-0.2, 0) is 11.2 Å². The third kappa shape index (κ3) is 4.18. The molecule has 1 saturated heterocycles. The number of carbonyl (C=O) groups excluding carboxylic acids is 3. The molecule has 0 atom stereocenters. The zero-order chi connectivity index (χ0) is 22.0. The van der Waals surface area contributed by atoms with Gasteiger partial charge in [-0.15, -0.1) is 0 Å². The fraction of sp³-hybridized carbons (Fsp3) is 0.381. The van der Waals surface area contributed by atoms with Gasteiger partial charge in [0.05, 0.1) is 23.3 Å². The zero-order valence-electron chi connectivity index (χ0n) is 17.1. The van der Waals surface area contributed by atoms with Crippen molar-refractivity contribution >= 4 is 41.0 Å². The van der Waals surface area contributed by atoms with Gasteiger partial charge in [0.2, 0.25) is 0 Å². The van der Waals surface area contributed by atoms with Crippen LogP contribution in [-0.4, -0.2) is 65.9 Å². The first-order valence-corrected chi connectivity index (χ1v) is 10.4. The number of H-pyrrole nitrogens is 1. The number of hydrogen-bond donors (Lipinski definition) is 1. The minimum Gasteiger partial charge on any atom is -0.465 e. The highest BCUT2D eigenvalue weighted by molar-refractivity contribution is 6.36. The van der Waals surface area contributed by atoms with Gasteiger partial charge in [0.1, 0.15) is 5.69 Å². The number of aryl methyl sites for hydroxylation is 1. The van der Waals surface area contributed by atoms with Crippen molar-refractivity contribution < 1.29 is 19.1 Å². The molecule has 1 N–H and O–H groups in total. The second-order valence-electron chi connectivity index (χ2n) is 7.03. The quantitative estimate of drug-likeness (QED) is 0.720. The van der Waals surface area contributed by atoms with E-state index in [2.05, 4.69) is 4.98 Å². The van der Waals surface area contributed by atoms with Crippen LogP contribution in [0.25, 0.3) is 0 Å². The lowest BCUT2D eigenvalue weighted by molar-refractivity contribution is 0.0532. The van der Waals surface area contributed by atoms with Gasteiger partial charge in [0, 0.05) is 36.9 Å². The third-order valence-electron chi connectivity index (χ3n) is 5.30. The van der Waals surface area contributed by atoms with Crippen molar-refractivity contribution in [3.63, 3.8) is 0 Å². The molecule has 2 aromatic rings. The van der Waals surface area contributed by atoms with Crippen LogP contribution in [0, 0.1) is 6.92 Å². The number of nitrogens with zero attached hydrogens (tertiary/aromatic N) is 2. The van der Waals surface area contributed by atoms with Crippen LogP contribution in [0.5, 0.6) is 0 Å². The first kappa shape index (κ1) is 22.2. The van der Waals surface area contributed by atoms with Gasteiger partial charge in [0.25, 0.3) is 11.8 Å². The van der Waals surface area contributed by atoms with Crippen molar-refractivity contribution in [3.05, 3.63) is 56.3 Å². The number of halogens is 2. The maximum absolute atomic E-state index is 13.1. The molecule has 9 heteroatoms. The molecule has 1 aliphatic heterocycles. The minimum atomic E-state index is -0.463. The molecular weight excluding hydrogens is 429 g/mol. The first-order valence-electron chi connectivity index (χ1n) is 9.61. The molecular formula is C21H23Cl2N3O4. The second kappa shape index (κ2) is 9.10. The third-order valence-corrected chi connectivity index (χ3v) is 5.85. The van der Waals surface area contributed by atoms with Crippen LogP contribution in [0.4, 0.5) is 0 Å². The smallest absolute Gasteiger partial charge is 0.339 e. The predicted octanol–water partition coefficient (Wildman–Crippen LogP) is 3.58. The highest BCUT2D eigenvalue weighted by atomic mass is 35.5. The van der Waals surface area contributed by atoms with Gasteiger partial charge in [-0.25, -0.2) is 4.79 Å². The van der Waals surface area contributed by atoms with Crippen LogP contribution < -0.4 is 0 Å². The Morgan fingerprint density at radius 1 is 1.07 bits per heavy atom. The summed E-state index contributed by atoms with van der Waals surface area (Å²) in [6, 6.07) is 4.76. The van der Waals surface area contributed by atoms with Crippen LogP contribution in [0.2, 0.25) is 10.0 Å². The number of benzene rings is 1. The molecule has 0 unspecified atom stereocenters. The van der Waals surface area contributed by atoms with E-state index in [-0.39, 0.29) is 11.8 Å². The molecule has 0 aliphatic carbocycles. The number of piperazine rings is 1. The van der Waals surface area contributed by atoms with Crippen molar-refractivity contribution in [2.75, 3.05) is 33.3 Å². The highest BCUT2D eigenvalue weighted by Crippen LogP contribution is 2.24. The maximum Gasteiger partial charge on any atom is 0.339 e. The van der Waals surface area contributed by atoms with E-state index >= 15 is 0 Å². The summed E-state index contributed by atoms with van der Waals surface area (Å²) < 4.78 is 4.85. The van der Waals surface area contributed by atoms with Gasteiger partial charge >= 0.3 is 5.97 Å². The van der Waals surface area contributed by atoms with Gasteiger partial charge in [-0.2, -0.15) is 0 Å². The number of esters is 1. The molecule has 0 saturated carbocycles. The largest absolute Gasteiger partial charge is 0.465 e. The Kier molecular flexibility index (Phi) is 6.73. The number of carbonyl (C=O) groups is 3. The summed E-state index contributed by atoms with van der Waals surface area (Å²) >= 11 is 12.0. The molecule has 0 spiro atoms. The van der Waals surface area contributed by atoms with Crippen molar-refractivity contribution in [2.45, 2.75) is 20.3 Å². The fourth-order valence-corrected chi connectivity index (χ4v) is 4.11. The number of nitrogens with one attached hydrogen (secondary N) is 1. The van der Waals surface area contributed by atoms with Gasteiger partial charge in [-0.1, -0.05) is 30.1 Å². The Morgan fingerprint density at radius 3 is 2.20 bits per heavy atom. The highest BCUT2D eigenvalue weighted by Gasteiger charge is 2.30. The normalized spacial score (nSPS) is 14.0. The molecule has 0 bridgehead atoms. The summed E-state index contributed by atoms with van der Waals surface area (Å²) in [5.41, 5.74) is 2.43. The number of methoxy groups -OCH3 is 1. The fourth-order valence-electron chi connectivity index (χ4n) is 3.62. The Bertz CT molecular complexity index is 994. The van der Waals surface area contributed by atoms with E-state index in [4.69, 9.17) is 27.9 Å². The Balaban J connectivity index is 1.72. The van der Waals surface area contributed by atoms with Crippen molar-refractivity contribution in [1.29, 1.82) is 0 Å². The number of aromatic nitrogens is 1. The number of hydrogen-bond acceptors (Lipinski definition) is 4. The summed E-state index contributed by atoms with van der Waals surface area (Å²) in [5, 5.41) is 0.765. The molecule has 1 aromatic carbocycles. The lowest BCUT2D eigenvalue weighted by Gasteiger charge is -2.35. The Labute approximate surface area is 184 Å². The van der Waals surface area contributed by atoms with E-state index in [1.165, 1.54) is 13.2 Å². The Hall–Kier alpha value is -2.51. The van der Waals surface area contributed by atoms with Gasteiger partial charge in [0.15, 0.2) is 0 Å². The second-order valence-corrected chi connectivity index (χ2v) is 7.88. The molecule has 1 aliphatic rings. The van der Waals surface area contributed by atoms with E-state index in [0.29, 0.717) is 70.7 Å². The predicted molar refractivity (Wildman–Crippen MR) is 115 cm³/mol. The van der Waals surface area contributed by atoms with Gasteiger partial charge in [-0.05, 0) is 37.1 Å². The average Bonchev–Trinajstić information content (AvgIpc) is 3.08. The van der Waals surface area contributed by atoms with E-state index in [1.807, 2.05) is 6.92 Å². The topological polar surface area (TPSA) is 82.7 Å². The molecule has 160 valence electrons. The molecule has 1 fully saturated rings. The maximum atomic E-state index is 13.1. The minimum absolute atomic E-state index is 0.193. The SMILES string of the molecule is CCc1[nH]c(C(=O)N2CCN(C(=O)c3ccc(Cl)cc3Cl)CC2)c(C)c1C(=O)OC. The summed E-state index contributed by atoms with van der Waals surface area (Å²) in [7, 11) is 1.32. The van der Waals surface area contributed by atoms with Gasteiger partial charge in [-0.3, -0.25) is 9.59 Å². The first-order chi connectivity index (χ1) is 14.3. The summed E-state index contributed by atoms with van der Waals surface area (Å²) in [4.78, 5) is 44.3. The number of amides is 2. The van der Waals surface area contributed by atoms with E-state index in [1.54, 1.807) is 28.9 Å². The van der Waals surface area contributed by atoms with Crippen molar-refractivity contribution in [1.82, 2.24) is 14.8 Å². The molecule has 3 rings (SSSR count). The standard InChI is InChI=1S/C21H23Cl2N3O4/c1-4-16-17(21(29)30-3)12(2)18(24-16)20(28)26-9-7-25(8-10-26)19(27)14-6-5-13(22)11-15(14)23/h5-6,11,24H,4,7-10H2,1-3H3. The van der Waals surface area contributed by atoms with Crippen LogP contribution in [0.1, 0.15) is 49.4 Å². The van der Waals surface area contributed by atoms with Crippen LogP contribution in [0.3, 0.4) is 0 Å². The van der Waals surface area contributed by atoms with Crippen molar-refractivity contribution in [2.24, 2.45) is 0 Å². The van der Waals surface area contributed by atoms with E-state index in [0.717, 1.165) is 0 Å². The zero-order valence-corrected chi connectivity index (χ0v) is 18.6. The van der Waals surface area contributed by atoms with Gasteiger partial charge < -0.3 is 19.5 Å². The van der Waals surface area contributed by atoms with Crippen molar-refractivity contribution in [3.8, 4) is 0 Å². The molecule has 7 nitrogen and oxygen atoms in total. The lowest BCUT2D eigenvalue weighted by Crippen LogP contribution is -2.50. The van der Waals surface area contributed by atoms with Crippen LogP contribution in [0.15, 0.2) is 18.2 Å². The molecule has 2 amide bonds. The number of rotatable bonds is 4. The summed E-state index contributed by atoms with van der Waals surface area (Å²) in [6.07, 6.45) is 0.572. The number of ether oxygens (including phenoxy) is 1. The van der Waals surface area contributed by atoms with Crippen LogP contribution >= 0.6 is 23.2 Å². The molecule has 1 aromatic heterocycles. The summed E-state index contributed by atoms with van der Waals surface area (Å²) in [5.74, 6) is -0.857. The van der Waals surface area contributed by atoms with E-state index < -0.39 is 5.97 Å². The summed E-state index contributed by atoms with van der Waals surface area (Å²) in [6.45, 7) is 5.16. The Morgan fingerprint density at radius 2 is 1.67 bits per heavy atom. The van der Waals surface area contributed by atoms with E-state index in [9.17, 15) is 14.4 Å². The molecule has 0 radical (unpaired) electrons.